The molecule has 1 aromatic carbocycles. The highest BCUT2D eigenvalue weighted by molar-refractivity contribution is 6.04. The first kappa shape index (κ1) is 24.9. The van der Waals surface area contributed by atoms with E-state index >= 15 is 0 Å². The lowest BCUT2D eigenvalue weighted by atomic mass is 10.0. The fourth-order valence-corrected chi connectivity index (χ4v) is 2.77. The topological polar surface area (TPSA) is 127 Å². The van der Waals surface area contributed by atoms with Gasteiger partial charge in [-0.3, -0.25) is 0 Å². The highest BCUT2D eigenvalue weighted by Crippen LogP contribution is 2.15. The molecule has 0 atom stereocenters. The summed E-state index contributed by atoms with van der Waals surface area (Å²) in [5.41, 5.74) is -0.757. The van der Waals surface area contributed by atoms with E-state index in [4.69, 9.17) is 14.6 Å². The number of ether oxygens (including phenoxy) is 2. The predicted octanol–water partition coefficient (Wildman–Crippen LogP) is 4.09. The number of carbonyl (C=O) groups excluding carboxylic acids is 2. The number of rotatable bonds is 15. The van der Waals surface area contributed by atoms with E-state index in [2.05, 4.69) is 6.58 Å². The molecule has 0 heterocycles. The van der Waals surface area contributed by atoms with E-state index in [-0.39, 0.29) is 23.3 Å². The van der Waals surface area contributed by atoms with Gasteiger partial charge in [-0.25, -0.2) is 19.2 Å². The third-order valence-electron chi connectivity index (χ3n) is 4.40. The molecule has 2 N–H and O–H groups in total. The highest BCUT2D eigenvalue weighted by Gasteiger charge is 2.20. The molecule has 1 rings (SSSR count). The monoisotopic (exact) mass is 420 g/mol. The molecule has 0 saturated carbocycles. The van der Waals surface area contributed by atoms with E-state index < -0.39 is 23.9 Å². The summed E-state index contributed by atoms with van der Waals surface area (Å²) in [6.07, 6.45) is 8.72. The Balaban J connectivity index is 2.18. The van der Waals surface area contributed by atoms with Gasteiger partial charge in [0.2, 0.25) is 0 Å². The SMILES string of the molecule is C=CC(=O)OCCCCCCCCCCOC(=O)c1ccc(C(=O)O)cc1C(=O)O. The molecule has 0 fully saturated rings. The van der Waals surface area contributed by atoms with Crippen LogP contribution in [0.3, 0.4) is 0 Å². The lowest BCUT2D eigenvalue weighted by Crippen LogP contribution is -2.13. The van der Waals surface area contributed by atoms with Gasteiger partial charge in [0.05, 0.1) is 29.9 Å². The second-order valence-electron chi connectivity index (χ2n) is 6.71. The first-order chi connectivity index (χ1) is 14.4. The summed E-state index contributed by atoms with van der Waals surface area (Å²) < 4.78 is 10.0. The maximum absolute atomic E-state index is 12.1. The molecule has 0 radical (unpaired) electrons. The van der Waals surface area contributed by atoms with Crippen LogP contribution in [0, 0.1) is 0 Å². The predicted molar refractivity (Wildman–Crippen MR) is 109 cm³/mol. The Morgan fingerprint density at radius 2 is 1.30 bits per heavy atom. The standard InChI is InChI=1S/C22H28O8/c1-2-19(23)29-13-9-7-5-3-4-6-8-10-14-30-22(28)17-12-11-16(20(24)25)15-18(17)21(26)27/h2,11-12,15H,1,3-10,13-14H2,(H,24,25)(H,26,27). The number of carboxylic acid groups (broad SMARTS) is 2. The molecule has 8 nitrogen and oxygen atoms in total. The van der Waals surface area contributed by atoms with Crippen molar-refractivity contribution in [2.45, 2.75) is 51.4 Å². The number of hydrogen-bond acceptors (Lipinski definition) is 6. The third-order valence-corrected chi connectivity index (χ3v) is 4.40. The molecule has 0 aliphatic carbocycles. The zero-order valence-corrected chi connectivity index (χ0v) is 16.9. The Hall–Kier alpha value is -3.16. The molecule has 30 heavy (non-hydrogen) atoms. The van der Waals surface area contributed by atoms with Crippen LogP contribution >= 0.6 is 0 Å². The van der Waals surface area contributed by atoms with Crippen molar-refractivity contribution in [2.24, 2.45) is 0 Å². The lowest BCUT2D eigenvalue weighted by Gasteiger charge is -2.08. The molecule has 0 saturated heterocycles. The molecule has 164 valence electrons. The van der Waals surface area contributed by atoms with Gasteiger partial charge in [-0.05, 0) is 31.0 Å². The highest BCUT2D eigenvalue weighted by atomic mass is 16.5. The van der Waals surface area contributed by atoms with Gasteiger partial charge in [0, 0.05) is 6.08 Å². The van der Waals surface area contributed by atoms with Crippen LogP contribution in [0.25, 0.3) is 0 Å². The van der Waals surface area contributed by atoms with Crippen LogP contribution in [0.4, 0.5) is 0 Å². The van der Waals surface area contributed by atoms with Crippen molar-refractivity contribution in [2.75, 3.05) is 13.2 Å². The van der Waals surface area contributed by atoms with Gasteiger partial charge >= 0.3 is 23.9 Å². The molecule has 0 bridgehead atoms. The molecule has 0 spiro atoms. The van der Waals surface area contributed by atoms with Crippen molar-refractivity contribution in [3.63, 3.8) is 0 Å². The molecule has 8 heteroatoms. The van der Waals surface area contributed by atoms with E-state index in [0.29, 0.717) is 13.0 Å². The van der Waals surface area contributed by atoms with Gasteiger partial charge in [0.1, 0.15) is 0 Å². The zero-order valence-electron chi connectivity index (χ0n) is 16.9. The van der Waals surface area contributed by atoms with Gasteiger partial charge in [-0.1, -0.05) is 45.1 Å². The number of hydrogen-bond donors (Lipinski definition) is 2. The summed E-state index contributed by atoms with van der Waals surface area (Å²) in [7, 11) is 0. The van der Waals surface area contributed by atoms with Crippen molar-refractivity contribution in [1.82, 2.24) is 0 Å². The summed E-state index contributed by atoms with van der Waals surface area (Å²) >= 11 is 0. The van der Waals surface area contributed by atoms with Crippen LogP contribution in [0.2, 0.25) is 0 Å². The fourth-order valence-electron chi connectivity index (χ4n) is 2.77. The van der Waals surface area contributed by atoms with Crippen LogP contribution in [0.1, 0.15) is 82.4 Å². The lowest BCUT2D eigenvalue weighted by molar-refractivity contribution is -0.137. The van der Waals surface area contributed by atoms with Crippen molar-refractivity contribution in [1.29, 1.82) is 0 Å². The number of aromatic carboxylic acids is 2. The van der Waals surface area contributed by atoms with Crippen LogP contribution in [0.5, 0.6) is 0 Å². The normalized spacial score (nSPS) is 10.3. The van der Waals surface area contributed by atoms with E-state index in [9.17, 15) is 24.3 Å². The van der Waals surface area contributed by atoms with Crippen molar-refractivity contribution < 1.29 is 38.9 Å². The average molecular weight is 420 g/mol. The van der Waals surface area contributed by atoms with Crippen molar-refractivity contribution >= 4 is 23.9 Å². The van der Waals surface area contributed by atoms with Crippen LogP contribution in [-0.4, -0.2) is 47.3 Å². The second kappa shape index (κ2) is 13.9. The summed E-state index contributed by atoms with van der Waals surface area (Å²) in [6.45, 7) is 3.92. The quantitative estimate of drug-likeness (QED) is 0.247. The Kier molecular flexibility index (Phi) is 11.5. The van der Waals surface area contributed by atoms with Gasteiger partial charge in [0.15, 0.2) is 0 Å². The first-order valence-electron chi connectivity index (χ1n) is 9.93. The van der Waals surface area contributed by atoms with E-state index in [1.54, 1.807) is 0 Å². The minimum absolute atomic E-state index is 0.161. The molecule has 1 aromatic rings. The zero-order chi connectivity index (χ0) is 22.4. The van der Waals surface area contributed by atoms with Gasteiger partial charge in [-0.2, -0.15) is 0 Å². The van der Waals surface area contributed by atoms with Crippen molar-refractivity contribution in [3.05, 3.63) is 47.5 Å². The summed E-state index contributed by atoms with van der Waals surface area (Å²) in [6, 6.07) is 3.28. The molecule has 0 unspecified atom stereocenters. The summed E-state index contributed by atoms with van der Waals surface area (Å²) in [4.78, 5) is 45.2. The number of benzene rings is 1. The second-order valence-corrected chi connectivity index (χ2v) is 6.71. The fraction of sp³-hybridized carbons (Fsp3) is 0.455. The molecule has 0 aliphatic heterocycles. The van der Waals surface area contributed by atoms with Crippen LogP contribution < -0.4 is 0 Å². The van der Waals surface area contributed by atoms with E-state index in [1.165, 1.54) is 6.07 Å². The van der Waals surface area contributed by atoms with E-state index in [0.717, 1.165) is 63.2 Å². The first-order valence-corrected chi connectivity index (χ1v) is 9.93. The largest absolute Gasteiger partial charge is 0.478 e. The molecule has 0 aromatic heterocycles. The van der Waals surface area contributed by atoms with Gasteiger partial charge in [0.25, 0.3) is 0 Å². The Bertz CT molecular complexity index is 754. The Morgan fingerprint density at radius 3 is 1.80 bits per heavy atom. The van der Waals surface area contributed by atoms with Crippen LogP contribution in [-0.2, 0) is 14.3 Å². The number of unbranched alkanes of at least 4 members (excludes halogenated alkanes) is 7. The number of esters is 2. The molecule has 0 aliphatic rings. The number of carbonyl (C=O) groups is 4. The van der Waals surface area contributed by atoms with Gasteiger partial charge in [-0.15, -0.1) is 0 Å². The summed E-state index contributed by atoms with van der Waals surface area (Å²) in [5, 5.41) is 18.1. The maximum Gasteiger partial charge on any atom is 0.339 e. The number of carboxylic acids is 2. The Morgan fingerprint density at radius 1 is 0.767 bits per heavy atom. The minimum atomic E-state index is -1.39. The third kappa shape index (κ3) is 9.36. The van der Waals surface area contributed by atoms with Gasteiger partial charge < -0.3 is 19.7 Å². The van der Waals surface area contributed by atoms with Crippen molar-refractivity contribution in [3.8, 4) is 0 Å². The van der Waals surface area contributed by atoms with E-state index in [1.807, 2.05) is 0 Å². The maximum atomic E-state index is 12.1. The van der Waals surface area contributed by atoms with Crippen LogP contribution in [0.15, 0.2) is 30.9 Å². The Labute approximate surface area is 175 Å². The smallest absolute Gasteiger partial charge is 0.339 e. The average Bonchev–Trinajstić information content (AvgIpc) is 2.73. The molecular weight excluding hydrogens is 392 g/mol. The molecular formula is C22H28O8. The molecule has 0 amide bonds. The summed E-state index contributed by atoms with van der Waals surface area (Å²) in [5.74, 6) is -3.83. The minimum Gasteiger partial charge on any atom is -0.478 e.